The lowest BCUT2D eigenvalue weighted by atomic mass is 10.2. The molecule has 0 N–H and O–H groups in total. The van der Waals surface area contributed by atoms with Crippen LogP contribution in [0.1, 0.15) is 12.0 Å². The van der Waals surface area contributed by atoms with Crippen molar-refractivity contribution in [3.63, 3.8) is 0 Å². The third-order valence-electron chi connectivity index (χ3n) is 3.94. The van der Waals surface area contributed by atoms with E-state index in [0.717, 1.165) is 0 Å². The molecule has 0 unspecified atom stereocenters. The van der Waals surface area contributed by atoms with Crippen LogP contribution in [0.15, 0.2) is 42.5 Å². The molecule has 1 heterocycles. The van der Waals surface area contributed by atoms with E-state index in [1.54, 1.807) is 42.5 Å². The molecule has 136 valence electrons. The lowest BCUT2D eigenvalue weighted by molar-refractivity contribution is -0.120. The van der Waals surface area contributed by atoms with E-state index in [0.29, 0.717) is 41.7 Å². The van der Waals surface area contributed by atoms with Crippen molar-refractivity contribution in [1.82, 2.24) is 0 Å². The van der Waals surface area contributed by atoms with Gasteiger partial charge in [0.05, 0.1) is 18.1 Å². The Hall–Kier alpha value is -3.71. The average Bonchev–Trinajstić information content (AvgIpc) is 2.72. The highest BCUT2D eigenvalue weighted by molar-refractivity contribution is 5.94. The molecule has 2 aromatic carbocycles. The van der Waals surface area contributed by atoms with Gasteiger partial charge >= 0.3 is 0 Å². The second-order valence-electron chi connectivity index (χ2n) is 5.68. The molecule has 1 aliphatic rings. The van der Waals surface area contributed by atoms with E-state index in [4.69, 9.17) is 24.7 Å². The normalized spacial score (nSPS) is 11.8. The van der Waals surface area contributed by atoms with Crippen LogP contribution < -0.4 is 19.1 Å². The highest BCUT2D eigenvalue weighted by Crippen LogP contribution is 2.34. The molecule has 2 aromatic rings. The number of amides is 1. The van der Waals surface area contributed by atoms with Gasteiger partial charge in [0.25, 0.3) is 5.91 Å². The molecule has 7 nitrogen and oxygen atoms in total. The summed E-state index contributed by atoms with van der Waals surface area (Å²) in [6, 6.07) is 16.0. The number of hydrogen-bond acceptors (Lipinski definition) is 6. The summed E-state index contributed by atoms with van der Waals surface area (Å²) in [6.45, 7) is 0.892. The predicted octanol–water partition coefficient (Wildman–Crippen LogP) is 2.66. The molecule has 0 radical (unpaired) electrons. The van der Waals surface area contributed by atoms with Gasteiger partial charge < -0.3 is 19.1 Å². The van der Waals surface area contributed by atoms with Gasteiger partial charge in [-0.1, -0.05) is 12.1 Å². The third kappa shape index (κ3) is 4.28. The highest BCUT2D eigenvalue weighted by atomic mass is 16.6. The molecule has 1 amide bonds. The standard InChI is InChI=1S/C20H17N3O4/c21-8-3-9-23(16-6-7-18-19(12-16)26-11-10-25-18)20(24)14-27-17-5-2-1-4-15(17)13-22/h1-2,4-7,12H,3,9-11,14H2. The second kappa shape index (κ2) is 8.59. The van der Waals surface area contributed by atoms with Gasteiger partial charge in [0.15, 0.2) is 18.1 Å². The molecule has 0 aromatic heterocycles. The SMILES string of the molecule is N#CCCN(C(=O)COc1ccccc1C#N)c1ccc2c(c1)OCCO2. The molecule has 0 fully saturated rings. The summed E-state index contributed by atoms with van der Waals surface area (Å²) in [6.07, 6.45) is 0.176. The first-order valence-corrected chi connectivity index (χ1v) is 8.42. The number of ether oxygens (including phenoxy) is 3. The molecule has 0 saturated heterocycles. The van der Waals surface area contributed by atoms with Crippen molar-refractivity contribution in [3.05, 3.63) is 48.0 Å². The number of rotatable bonds is 6. The lowest BCUT2D eigenvalue weighted by Crippen LogP contribution is -2.36. The number of hydrogen-bond donors (Lipinski definition) is 0. The maximum atomic E-state index is 12.7. The van der Waals surface area contributed by atoms with Crippen molar-refractivity contribution in [3.8, 4) is 29.4 Å². The number of carbonyl (C=O) groups excluding carboxylic acids is 1. The Bertz CT molecular complexity index is 914. The molecular weight excluding hydrogens is 346 g/mol. The predicted molar refractivity (Wildman–Crippen MR) is 96.7 cm³/mol. The van der Waals surface area contributed by atoms with Crippen molar-refractivity contribution in [2.24, 2.45) is 0 Å². The van der Waals surface area contributed by atoms with Crippen LogP contribution in [0, 0.1) is 22.7 Å². The van der Waals surface area contributed by atoms with Crippen molar-refractivity contribution < 1.29 is 19.0 Å². The smallest absolute Gasteiger partial charge is 0.264 e. The Morgan fingerprint density at radius 1 is 1.11 bits per heavy atom. The summed E-state index contributed by atoms with van der Waals surface area (Å²) in [7, 11) is 0. The zero-order chi connectivity index (χ0) is 19.1. The Morgan fingerprint density at radius 3 is 2.67 bits per heavy atom. The molecule has 0 aliphatic carbocycles. The van der Waals surface area contributed by atoms with Crippen LogP contribution in [0.3, 0.4) is 0 Å². The molecule has 0 bridgehead atoms. The zero-order valence-electron chi connectivity index (χ0n) is 14.6. The number of para-hydroxylation sites is 1. The Kier molecular flexibility index (Phi) is 5.76. The monoisotopic (exact) mass is 363 g/mol. The molecule has 27 heavy (non-hydrogen) atoms. The molecule has 1 aliphatic heterocycles. The largest absolute Gasteiger partial charge is 0.486 e. The van der Waals surface area contributed by atoms with E-state index in [2.05, 4.69) is 0 Å². The fourth-order valence-corrected chi connectivity index (χ4v) is 2.66. The molecule has 3 rings (SSSR count). The first-order chi connectivity index (χ1) is 13.2. The molecule has 0 atom stereocenters. The van der Waals surface area contributed by atoms with E-state index in [-0.39, 0.29) is 25.5 Å². The molecule has 0 spiro atoms. The van der Waals surface area contributed by atoms with Crippen LogP contribution in [0.5, 0.6) is 17.2 Å². The van der Waals surface area contributed by atoms with Crippen LogP contribution in [0.4, 0.5) is 5.69 Å². The summed E-state index contributed by atoms with van der Waals surface area (Å²) < 4.78 is 16.6. The van der Waals surface area contributed by atoms with E-state index < -0.39 is 0 Å². The van der Waals surface area contributed by atoms with E-state index >= 15 is 0 Å². The van der Waals surface area contributed by atoms with Gasteiger partial charge in [-0.3, -0.25) is 4.79 Å². The highest BCUT2D eigenvalue weighted by Gasteiger charge is 2.20. The average molecular weight is 363 g/mol. The topological polar surface area (TPSA) is 95.6 Å². The van der Waals surface area contributed by atoms with Crippen LogP contribution in [-0.2, 0) is 4.79 Å². The number of fused-ring (bicyclic) bond motifs is 1. The van der Waals surface area contributed by atoms with Gasteiger partial charge in [-0.15, -0.1) is 0 Å². The fraction of sp³-hybridized carbons (Fsp3) is 0.250. The minimum Gasteiger partial charge on any atom is -0.486 e. The van der Waals surface area contributed by atoms with Crippen LogP contribution in [0.2, 0.25) is 0 Å². The van der Waals surface area contributed by atoms with E-state index in [1.807, 2.05) is 12.1 Å². The Labute approximate surface area is 156 Å². The number of benzene rings is 2. The van der Waals surface area contributed by atoms with Gasteiger partial charge in [-0.2, -0.15) is 10.5 Å². The van der Waals surface area contributed by atoms with Crippen LogP contribution >= 0.6 is 0 Å². The van der Waals surface area contributed by atoms with Crippen molar-refractivity contribution in [2.45, 2.75) is 6.42 Å². The fourth-order valence-electron chi connectivity index (χ4n) is 2.66. The number of nitriles is 2. The summed E-state index contributed by atoms with van der Waals surface area (Å²) >= 11 is 0. The molecule has 7 heteroatoms. The second-order valence-corrected chi connectivity index (χ2v) is 5.68. The van der Waals surface area contributed by atoms with Gasteiger partial charge in [0, 0.05) is 18.3 Å². The minimum atomic E-state index is -0.324. The summed E-state index contributed by atoms with van der Waals surface area (Å²) in [5.41, 5.74) is 0.949. The van der Waals surface area contributed by atoms with Gasteiger partial charge in [-0.25, -0.2) is 0 Å². The lowest BCUT2D eigenvalue weighted by Gasteiger charge is -2.25. The Balaban J connectivity index is 1.77. The Morgan fingerprint density at radius 2 is 1.89 bits per heavy atom. The maximum Gasteiger partial charge on any atom is 0.264 e. The first kappa shape index (κ1) is 18.1. The minimum absolute atomic E-state index is 0.176. The molecule has 0 saturated carbocycles. The van der Waals surface area contributed by atoms with Gasteiger partial charge in [0.1, 0.15) is 25.0 Å². The van der Waals surface area contributed by atoms with Crippen molar-refractivity contribution in [1.29, 1.82) is 10.5 Å². The number of carbonyl (C=O) groups is 1. The number of nitrogens with zero attached hydrogens (tertiary/aromatic N) is 3. The summed E-state index contributed by atoms with van der Waals surface area (Å²) in [5.74, 6) is 1.20. The van der Waals surface area contributed by atoms with E-state index in [9.17, 15) is 4.79 Å². The zero-order valence-corrected chi connectivity index (χ0v) is 14.6. The summed E-state index contributed by atoms with van der Waals surface area (Å²) in [5, 5.41) is 18.0. The number of anilines is 1. The van der Waals surface area contributed by atoms with Crippen LogP contribution in [0.25, 0.3) is 0 Å². The van der Waals surface area contributed by atoms with Gasteiger partial charge in [0.2, 0.25) is 0 Å². The first-order valence-electron chi connectivity index (χ1n) is 8.42. The van der Waals surface area contributed by atoms with E-state index in [1.165, 1.54) is 4.90 Å². The molecular formula is C20H17N3O4. The summed E-state index contributed by atoms with van der Waals surface area (Å²) in [4.78, 5) is 14.2. The van der Waals surface area contributed by atoms with Gasteiger partial charge in [-0.05, 0) is 24.3 Å². The third-order valence-corrected chi connectivity index (χ3v) is 3.94. The van der Waals surface area contributed by atoms with Crippen molar-refractivity contribution in [2.75, 3.05) is 31.3 Å². The maximum absolute atomic E-state index is 12.7. The quantitative estimate of drug-likeness (QED) is 0.783. The van der Waals surface area contributed by atoms with Crippen molar-refractivity contribution >= 4 is 11.6 Å². The van der Waals surface area contributed by atoms with Crippen LogP contribution in [-0.4, -0.2) is 32.3 Å².